The number of aryl methyl sites for hydroxylation is 1. The van der Waals surface area contributed by atoms with Crippen LogP contribution in [0.25, 0.3) is 10.8 Å². The second-order valence-corrected chi connectivity index (χ2v) is 4.39. The monoisotopic (exact) mass is 276 g/mol. The number of fused-ring (bicyclic) bond motifs is 1. The lowest BCUT2D eigenvalue weighted by atomic mass is 10.0. The minimum atomic E-state index is -0.474. The zero-order chi connectivity index (χ0) is 14.9. The average Bonchev–Trinajstić information content (AvgIpc) is 2.41. The summed E-state index contributed by atoms with van der Waals surface area (Å²) in [6, 6.07) is 5.42. The van der Waals surface area contributed by atoms with E-state index in [1.165, 1.54) is 21.1 Å². The lowest BCUT2D eigenvalue weighted by Crippen LogP contribution is -2.05. The number of esters is 1. The molecule has 0 fully saturated rings. The molecule has 2 rings (SSSR count). The van der Waals surface area contributed by atoms with Crippen molar-refractivity contribution in [1.82, 2.24) is 0 Å². The zero-order valence-corrected chi connectivity index (χ0v) is 11.8. The number of carbonyl (C=O) groups excluding carboxylic acids is 1. The van der Waals surface area contributed by atoms with Crippen molar-refractivity contribution in [3.8, 4) is 23.0 Å². The van der Waals surface area contributed by atoms with Gasteiger partial charge in [-0.2, -0.15) is 0 Å². The first-order valence-corrected chi connectivity index (χ1v) is 6.05. The van der Waals surface area contributed by atoms with Crippen LogP contribution in [0.4, 0.5) is 0 Å². The molecular weight excluding hydrogens is 260 g/mol. The third-order valence-corrected chi connectivity index (χ3v) is 2.96. The van der Waals surface area contributed by atoms with Crippen LogP contribution in [0.3, 0.4) is 0 Å². The largest absolute Gasteiger partial charge is 0.504 e. The Morgan fingerprint density at radius 2 is 1.70 bits per heavy atom. The van der Waals surface area contributed by atoms with Crippen LogP contribution in [-0.4, -0.2) is 25.3 Å². The van der Waals surface area contributed by atoms with Gasteiger partial charge in [0.05, 0.1) is 14.2 Å². The molecule has 0 atom stereocenters. The Kier molecular flexibility index (Phi) is 3.70. The molecule has 0 aliphatic rings. The van der Waals surface area contributed by atoms with Crippen LogP contribution in [-0.2, 0) is 4.79 Å². The fourth-order valence-electron chi connectivity index (χ4n) is 2.13. The number of carbonyl (C=O) groups is 1. The maximum Gasteiger partial charge on any atom is 0.308 e. The zero-order valence-electron chi connectivity index (χ0n) is 11.8. The highest BCUT2D eigenvalue weighted by Crippen LogP contribution is 2.50. The van der Waals surface area contributed by atoms with Crippen LogP contribution in [0.1, 0.15) is 12.5 Å². The van der Waals surface area contributed by atoms with Crippen molar-refractivity contribution in [2.24, 2.45) is 0 Å². The molecule has 0 amide bonds. The Morgan fingerprint density at radius 1 is 1.05 bits per heavy atom. The smallest absolute Gasteiger partial charge is 0.308 e. The van der Waals surface area contributed by atoms with Gasteiger partial charge >= 0.3 is 5.97 Å². The number of ether oxygens (including phenoxy) is 3. The van der Waals surface area contributed by atoms with E-state index in [0.717, 1.165) is 5.56 Å². The normalized spacial score (nSPS) is 10.4. The van der Waals surface area contributed by atoms with Crippen LogP contribution in [0.2, 0.25) is 0 Å². The third-order valence-electron chi connectivity index (χ3n) is 2.96. The van der Waals surface area contributed by atoms with Crippen molar-refractivity contribution in [2.75, 3.05) is 14.2 Å². The summed E-state index contributed by atoms with van der Waals surface area (Å²) in [4.78, 5) is 11.3. The molecule has 2 aromatic carbocycles. The fourth-order valence-corrected chi connectivity index (χ4v) is 2.13. The van der Waals surface area contributed by atoms with Gasteiger partial charge in [-0.05, 0) is 13.0 Å². The molecule has 0 radical (unpaired) electrons. The molecule has 0 bridgehead atoms. The van der Waals surface area contributed by atoms with Gasteiger partial charge in [0.15, 0.2) is 11.5 Å². The van der Waals surface area contributed by atoms with Gasteiger partial charge in [-0.15, -0.1) is 0 Å². The van der Waals surface area contributed by atoms with Gasteiger partial charge in [0.25, 0.3) is 0 Å². The van der Waals surface area contributed by atoms with Crippen molar-refractivity contribution in [2.45, 2.75) is 13.8 Å². The molecule has 1 N–H and O–H groups in total. The highest BCUT2D eigenvalue weighted by molar-refractivity contribution is 6.00. The first-order chi connectivity index (χ1) is 9.49. The second kappa shape index (κ2) is 5.28. The lowest BCUT2D eigenvalue weighted by molar-refractivity contribution is -0.131. The topological polar surface area (TPSA) is 65.0 Å². The summed E-state index contributed by atoms with van der Waals surface area (Å²) in [6.45, 7) is 3.21. The number of aromatic hydroxyl groups is 1. The van der Waals surface area contributed by atoms with E-state index in [1.54, 1.807) is 12.1 Å². The quantitative estimate of drug-likeness (QED) is 0.689. The Morgan fingerprint density at radius 3 is 2.25 bits per heavy atom. The van der Waals surface area contributed by atoms with E-state index in [9.17, 15) is 9.90 Å². The van der Waals surface area contributed by atoms with Gasteiger partial charge in [0.1, 0.15) is 0 Å². The summed E-state index contributed by atoms with van der Waals surface area (Å²) in [5.74, 6) is 0.0555. The van der Waals surface area contributed by atoms with E-state index in [2.05, 4.69) is 0 Å². The Hall–Kier alpha value is -2.43. The number of phenolic OH excluding ortho intramolecular Hbond substituents is 1. The Labute approximate surface area is 116 Å². The first-order valence-electron chi connectivity index (χ1n) is 6.05. The Bertz CT molecular complexity index is 676. The van der Waals surface area contributed by atoms with Gasteiger partial charge in [0.2, 0.25) is 11.5 Å². The van der Waals surface area contributed by atoms with Gasteiger partial charge < -0.3 is 19.3 Å². The predicted molar refractivity (Wildman–Crippen MR) is 74.8 cm³/mol. The minimum absolute atomic E-state index is 0.0426. The van der Waals surface area contributed by atoms with Crippen molar-refractivity contribution in [3.63, 3.8) is 0 Å². The molecule has 5 nitrogen and oxygen atoms in total. The van der Waals surface area contributed by atoms with Crippen LogP contribution < -0.4 is 14.2 Å². The molecule has 106 valence electrons. The molecule has 0 heterocycles. The van der Waals surface area contributed by atoms with E-state index in [0.29, 0.717) is 10.8 Å². The van der Waals surface area contributed by atoms with Gasteiger partial charge in [-0.25, -0.2) is 0 Å². The highest BCUT2D eigenvalue weighted by atomic mass is 16.6. The molecule has 0 aliphatic carbocycles. The number of hydrogen-bond donors (Lipinski definition) is 1. The fraction of sp³-hybridized carbons (Fsp3) is 0.267. The number of phenols is 1. The van der Waals surface area contributed by atoms with E-state index < -0.39 is 5.97 Å². The first kappa shape index (κ1) is 14.0. The maximum absolute atomic E-state index is 11.3. The van der Waals surface area contributed by atoms with E-state index >= 15 is 0 Å². The molecular formula is C15H16O5. The van der Waals surface area contributed by atoms with E-state index in [4.69, 9.17) is 14.2 Å². The summed E-state index contributed by atoms with van der Waals surface area (Å²) in [6.07, 6.45) is 0. The van der Waals surface area contributed by atoms with Crippen LogP contribution in [0.15, 0.2) is 18.2 Å². The van der Waals surface area contributed by atoms with Gasteiger partial charge in [-0.3, -0.25) is 4.79 Å². The summed E-state index contributed by atoms with van der Waals surface area (Å²) in [7, 11) is 2.83. The summed E-state index contributed by atoms with van der Waals surface area (Å²) < 4.78 is 15.6. The summed E-state index contributed by atoms with van der Waals surface area (Å²) >= 11 is 0. The molecule has 5 heteroatoms. The molecule has 20 heavy (non-hydrogen) atoms. The lowest BCUT2D eigenvalue weighted by Gasteiger charge is -2.17. The second-order valence-electron chi connectivity index (χ2n) is 4.39. The number of hydrogen-bond acceptors (Lipinski definition) is 5. The van der Waals surface area contributed by atoms with Crippen LogP contribution in [0.5, 0.6) is 23.0 Å². The Balaban J connectivity index is 2.91. The number of methoxy groups -OCH3 is 2. The predicted octanol–water partition coefficient (Wildman–Crippen LogP) is 2.80. The summed E-state index contributed by atoms with van der Waals surface area (Å²) in [5, 5.41) is 11.4. The maximum atomic E-state index is 11.3. The van der Waals surface area contributed by atoms with Gasteiger partial charge in [-0.1, -0.05) is 17.7 Å². The van der Waals surface area contributed by atoms with Crippen molar-refractivity contribution >= 4 is 16.7 Å². The number of benzene rings is 2. The van der Waals surface area contributed by atoms with Crippen molar-refractivity contribution in [3.05, 3.63) is 23.8 Å². The summed E-state index contributed by atoms with van der Waals surface area (Å²) in [5.41, 5.74) is 0.966. The van der Waals surface area contributed by atoms with Crippen LogP contribution >= 0.6 is 0 Å². The van der Waals surface area contributed by atoms with Crippen molar-refractivity contribution in [1.29, 1.82) is 0 Å². The van der Waals surface area contributed by atoms with E-state index in [-0.39, 0.29) is 23.0 Å². The van der Waals surface area contributed by atoms with Crippen LogP contribution in [0, 0.1) is 6.92 Å². The average molecular weight is 276 g/mol. The molecule has 2 aromatic rings. The molecule has 0 spiro atoms. The van der Waals surface area contributed by atoms with E-state index in [1.807, 2.05) is 13.0 Å². The third kappa shape index (κ3) is 2.22. The SMILES string of the molecule is COc1c(OC)c(OC(C)=O)c2ccc(C)cc2c1O. The highest BCUT2D eigenvalue weighted by Gasteiger charge is 2.23. The standard InChI is InChI=1S/C15H16O5/c1-8-5-6-10-11(7-8)12(17)14(18-3)15(19-4)13(10)20-9(2)16/h5-7,17H,1-4H3. The molecule has 0 unspecified atom stereocenters. The van der Waals surface area contributed by atoms with Gasteiger partial charge in [0, 0.05) is 17.7 Å². The number of rotatable bonds is 3. The molecule has 0 saturated carbocycles. The molecule has 0 aromatic heterocycles. The minimum Gasteiger partial charge on any atom is -0.504 e. The van der Waals surface area contributed by atoms with Crippen molar-refractivity contribution < 1.29 is 24.1 Å². The molecule has 0 aliphatic heterocycles. The molecule has 0 saturated heterocycles.